The van der Waals surface area contributed by atoms with E-state index in [4.69, 9.17) is 0 Å². The van der Waals surface area contributed by atoms with Gasteiger partial charge in [-0.15, -0.1) is 0 Å². The average molecular weight is 272 g/mol. The van der Waals surface area contributed by atoms with Crippen molar-refractivity contribution >= 4 is 17.6 Å². The molecule has 0 aliphatic carbocycles. The Kier molecular flexibility index (Phi) is 6.15. The Morgan fingerprint density at radius 1 is 1.39 bits per heavy atom. The third-order valence-corrected chi connectivity index (χ3v) is 4.89. The van der Waals surface area contributed by atoms with E-state index in [1.165, 1.54) is 19.3 Å². The fourth-order valence-electron chi connectivity index (χ4n) is 2.38. The molecule has 1 aliphatic heterocycles. The molecule has 3 nitrogen and oxygen atoms in total. The highest BCUT2D eigenvalue weighted by Gasteiger charge is 2.28. The second kappa shape index (κ2) is 6.92. The summed E-state index contributed by atoms with van der Waals surface area (Å²) in [4.78, 5) is 2.35. The van der Waals surface area contributed by atoms with Gasteiger partial charge in [0, 0.05) is 12.6 Å². The van der Waals surface area contributed by atoms with Gasteiger partial charge in [0.15, 0.2) is 0 Å². The first-order valence-electron chi connectivity index (χ1n) is 7.01. The zero-order chi connectivity index (χ0) is 13.8. The van der Waals surface area contributed by atoms with Gasteiger partial charge in [-0.2, -0.15) is 0 Å². The van der Waals surface area contributed by atoms with E-state index in [1.54, 1.807) is 0 Å². The van der Waals surface area contributed by atoms with Crippen LogP contribution in [0.4, 0.5) is 0 Å². The van der Waals surface area contributed by atoms with Crippen LogP contribution in [0.15, 0.2) is 4.40 Å². The van der Waals surface area contributed by atoms with Crippen LogP contribution >= 0.6 is 0 Å². The molecule has 1 fully saturated rings. The van der Waals surface area contributed by atoms with Gasteiger partial charge >= 0.3 is 0 Å². The van der Waals surface area contributed by atoms with Gasteiger partial charge in [-0.1, -0.05) is 17.7 Å². The molecule has 0 amide bonds. The Hall–Kier alpha value is -0.0600. The molecule has 0 aromatic heterocycles. The summed E-state index contributed by atoms with van der Waals surface area (Å²) in [7, 11) is 2.15. The molecule has 1 rings (SSSR count). The molecule has 0 aromatic rings. The average Bonchev–Trinajstić information content (AvgIpc) is 2.26. The van der Waals surface area contributed by atoms with Crippen molar-refractivity contribution in [1.82, 2.24) is 4.90 Å². The molecule has 0 saturated carbocycles. The Balaban J connectivity index is 2.47. The zero-order valence-electron chi connectivity index (χ0n) is 12.5. The van der Waals surface area contributed by atoms with Crippen LogP contribution in [-0.4, -0.2) is 40.0 Å². The van der Waals surface area contributed by atoms with Crippen molar-refractivity contribution in [2.45, 2.75) is 64.2 Å². The zero-order valence-corrected chi connectivity index (χ0v) is 13.3. The second-order valence-corrected chi connectivity index (χ2v) is 8.29. The first kappa shape index (κ1) is 16.0. The predicted molar refractivity (Wildman–Crippen MR) is 80.4 cm³/mol. The third-order valence-electron chi connectivity index (χ3n) is 3.53. The molecule has 106 valence electrons. The van der Waals surface area contributed by atoms with E-state index in [1.807, 2.05) is 27.0 Å². The maximum atomic E-state index is 11.9. The van der Waals surface area contributed by atoms with E-state index in [0.717, 1.165) is 18.9 Å². The molecule has 0 radical (unpaired) electrons. The predicted octanol–water partition coefficient (Wildman–Crippen LogP) is 3.03. The van der Waals surface area contributed by atoms with Crippen molar-refractivity contribution in [3.63, 3.8) is 0 Å². The number of nitrogens with zero attached hydrogens (tertiary/aromatic N) is 2. The lowest BCUT2D eigenvalue weighted by atomic mass is 9.90. The maximum Gasteiger partial charge on any atom is 0.144 e. The highest BCUT2D eigenvalue weighted by Crippen LogP contribution is 2.24. The van der Waals surface area contributed by atoms with Gasteiger partial charge in [0.2, 0.25) is 0 Å². The van der Waals surface area contributed by atoms with E-state index in [2.05, 4.69) is 23.3 Å². The molecule has 0 bridgehead atoms. The molecule has 1 heterocycles. The quantitative estimate of drug-likeness (QED) is 0.583. The number of likely N-dealkylation sites (tertiary alicyclic amines) is 1. The van der Waals surface area contributed by atoms with Crippen LogP contribution in [0.1, 0.15) is 53.4 Å². The largest absolute Gasteiger partial charge is 0.591 e. The summed E-state index contributed by atoms with van der Waals surface area (Å²) in [5.74, 6) is 0.831. The third kappa shape index (κ3) is 4.90. The smallest absolute Gasteiger partial charge is 0.144 e. The summed E-state index contributed by atoms with van der Waals surface area (Å²) in [5, 5.41) is 0. The summed E-state index contributed by atoms with van der Waals surface area (Å²) in [5.41, 5.74) is 0. The molecule has 3 unspecified atom stereocenters. The summed E-state index contributed by atoms with van der Waals surface area (Å²) in [6.07, 6.45) is 6.92. The van der Waals surface area contributed by atoms with Crippen LogP contribution in [0.3, 0.4) is 0 Å². The minimum Gasteiger partial charge on any atom is -0.591 e. The summed E-state index contributed by atoms with van der Waals surface area (Å²) in [6.45, 7) is 9.28. The van der Waals surface area contributed by atoms with Crippen molar-refractivity contribution in [3.05, 3.63) is 0 Å². The van der Waals surface area contributed by atoms with Crippen molar-refractivity contribution in [2.75, 3.05) is 13.6 Å². The topological polar surface area (TPSA) is 38.7 Å². The minimum absolute atomic E-state index is 0.255. The molecule has 0 N–H and O–H groups in total. The molecular formula is C14H28N2OS. The standard InChI is InChI=1S/C14H28N2OS/c1-6-7-12-8-9-13(16(5)11-12)10-15-18(17)14(2,3)4/h10,12-13H,6-9,11H2,1-5H3/b15-10+. The van der Waals surface area contributed by atoms with Crippen molar-refractivity contribution < 1.29 is 4.55 Å². The Morgan fingerprint density at radius 3 is 2.56 bits per heavy atom. The number of piperidine rings is 1. The van der Waals surface area contributed by atoms with Gasteiger partial charge < -0.3 is 4.55 Å². The molecule has 4 heteroatoms. The van der Waals surface area contributed by atoms with Crippen LogP contribution < -0.4 is 0 Å². The van der Waals surface area contributed by atoms with Gasteiger partial charge in [-0.3, -0.25) is 4.90 Å². The highest BCUT2D eigenvalue weighted by atomic mass is 32.2. The Bertz CT molecular complexity index is 275. The fraction of sp³-hybridized carbons (Fsp3) is 0.929. The lowest BCUT2D eigenvalue weighted by Gasteiger charge is -2.35. The normalized spacial score (nSPS) is 28.8. The molecule has 0 aromatic carbocycles. The van der Waals surface area contributed by atoms with Crippen LogP contribution in [0.2, 0.25) is 0 Å². The van der Waals surface area contributed by atoms with Gasteiger partial charge in [0.25, 0.3) is 0 Å². The van der Waals surface area contributed by atoms with Gasteiger partial charge in [0.1, 0.15) is 16.1 Å². The van der Waals surface area contributed by atoms with Crippen LogP contribution in [0.5, 0.6) is 0 Å². The van der Waals surface area contributed by atoms with E-state index < -0.39 is 11.4 Å². The lowest BCUT2D eigenvalue weighted by molar-refractivity contribution is 0.173. The first-order valence-corrected chi connectivity index (χ1v) is 8.11. The molecule has 1 aliphatic rings. The molecule has 18 heavy (non-hydrogen) atoms. The first-order chi connectivity index (χ1) is 8.34. The van der Waals surface area contributed by atoms with Crippen molar-refractivity contribution in [3.8, 4) is 0 Å². The van der Waals surface area contributed by atoms with Gasteiger partial charge in [-0.05, 0) is 53.0 Å². The molecular weight excluding hydrogens is 244 g/mol. The number of hydrogen-bond donors (Lipinski definition) is 0. The van der Waals surface area contributed by atoms with Crippen LogP contribution in [-0.2, 0) is 11.4 Å². The van der Waals surface area contributed by atoms with Crippen LogP contribution in [0, 0.1) is 5.92 Å². The monoisotopic (exact) mass is 272 g/mol. The summed E-state index contributed by atoms with van der Waals surface area (Å²) < 4.78 is 15.9. The second-order valence-electron chi connectivity index (χ2n) is 6.35. The van der Waals surface area contributed by atoms with E-state index >= 15 is 0 Å². The van der Waals surface area contributed by atoms with Crippen molar-refractivity contribution in [2.24, 2.45) is 10.3 Å². The number of rotatable bonds is 4. The summed E-state index contributed by atoms with van der Waals surface area (Å²) >= 11 is -1.12. The maximum absolute atomic E-state index is 11.9. The van der Waals surface area contributed by atoms with Crippen LogP contribution in [0.25, 0.3) is 0 Å². The van der Waals surface area contributed by atoms with Gasteiger partial charge in [-0.25, -0.2) is 0 Å². The SMILES string of the molecule is CCCC1CCC(/C=N/[S+]([O-])C(C)(C)C)N(C)C1. The Morgan fingerprint density at radius 2 is 2.06 bits per heavy atom. The minimum atomic E-state index is -1.12. The van der Waals surface area contributed by atoms with E-state index in [-0.39, 0.29) is 4.75 Å². The fourth-order valence-corrected chi connectivity index (χ4v) is 2.94. The lowest BCUT2D eigenvalue weighted by Crippen LogP contribution is -2.42. The Labute approximate surface area is 115 Å². The number of hydrogen-bond acceptors (Lipinski definition) is 3. The van der Waals surface area contributed by atoms with Crippen molar-refractivity contribution in [1.29, 1.82) is 0 Å². The van der Waals surface area contributed by atoms with Gasteiger partial charge in [0.05, 0.1) is 6.21 Å². The van der Waals surface area contributed by atoms with E-state index in [9.17, 15) is 4.55 Å². The van der Waals surface area contributed by atoms with E-state index in [0.29, 0.717) is 6.04 Å². The molecule has 1 saturated heterocycles. The molecule has 3 atom stereocenters. The molecule has 0 spiro atoms. The summed E-state index contributed by atoms with van der Waals surface area (Å²) in [6, 6.07) is 0.365. The highest BCUT2D eigenvalue weighted by molar-refractivity contribution is 7.91.